The Bertz CT molecular complexity index is 381. The number of aromatic nitrogens is 1. The summed E-state index contributed by atoms with van der Waals surface area (Å²) in [4.78, 5) is 12.2. The van der Waals surface area contributed by atoms with Crippen molar-refractivity contribution in [2.75, 3.05) is 0 Å². The SMILES string of the molecule is Cc1c(F)cc([N+](=O)[O-])nc1C(F)F. The van der Waals surface area contributed by atoms with Gasteiger partial charge in [0.2, 0.25) is 5.69 Å². The molecule has 0 aromatic carbocycles. The van der Waals surface area contributed by atoms with Crippen LogP contribution in [0.4, 0.5) is 19.0 Å². The molecule has 1 rings (SSSR count). The van der Waals surface area contributed by atoms with Crippen LogP contribution in [0.3, 0.4) is 0 Å². The predicted octanol–water partition coefficient (Wildman–Crippen LogP) is 2.37. The van der Waals surface area contributed by atoms with Crippen LogP contribution in [0.1, 0.15) is 17.7 Å². The van der Waals surface area contributed by atoms with E-state index in [-0.39, 0.29) is 5.56 Å². The molecule has 14 heavy (non-hydrogen) atoms. The zero-order valence-corrected chi connectivity index (χ0v) is 7.00. The van der Waals surface area contributed by atoms with E-state index in [9.17, 15) is 23.3 Å². The average Bonchev–Trinajstić information content (AvgIpc) is 2.08. The molecule has 0 N–H and O–H groups in total. The molecular weight excluding hydrogens is 201 g/mol. The van der Waals surface area contributed by atoms with Gasteiger partial charge in [-0.05, 0) is 16.8 Å². The van der Waals surface area contributed by atoms with Crippen LogP contribution in [0.5, 0.6) is 0 Å². The van der Waals surface area contributed by atoms with E-state index >= 15 is 0 Å². The molecule has 0 fully saturated rings. The molecule has 0 atom stereocenters. The molecule has 0 unspecified atom stereocenters. The van der Waals surface area contributed by atoms with Crippen molar-refractivity contribution in [3.63, 3.8) is 0 Å². The minimum Gasteiger partial charge on any atom is -0.358 e. The molecular formula is C7H5F3N2O2. The zero-order chi connectivity index (χ0) is 10.9. The monoisotopic (exact) mass is 206 g/mol. The molecule has 0 saturated carbocycles. The van der Waals surface area contributed by atoms with Gasteiger partial charge in [-0.15, -0.1) is 0 Å². The van der Waals surface area contributed by atoms with Crippen molar-refractivity contribution in [2.24, 2.45) is 0 Å². The zero-order valence-electron chi connectivity index (χ0n) is 7.00. The summed E-state index contributed by atoms with van der Waals surface area (Å²) in [5.74, 6) is -1.97. The van der Waals surface area contributed by atoms with Gasteiger partial charge in [0.25, 0.3) is 0 Å². The number of alkyl halides is 2. The molecule has 1 aromatic heterocycles. The lowest BCUT2D eigenvalue weighted by Gasteiger charge is -2.00. The Balaban J connectivity index is 3.35. The summed E-state index contributed by atoms with van der Waals surface area (Å²) in [6.07, 6.45) is -3.02. The maximum Gasteiger partial charge on any atom is 0.366 e. The minimum atomic E-state index is -3.02. The summed E-state index contributed by atoms with van der Waals surface area (Å²) in [5.41, 5.74) is -1.26. The summed E-state index contributed by atoms with van der Waals surface area (Å²) in [6, 6.07) is 0.515. The highest BCUT2D eigenvalue weighted by Gasteiger charge is 2.24. The van der Waals surface area contributed by atoms with Crippen LogP contribution in [-0.2, 0) is 0 Å². The van der Waals surface area contributed by atoms with Crippen molar-refractivity contribution in [2.45, 2.75) is 13.3 Å². The maximum absolute atomic E-state index is 12.9. The Morgan fingerprint density at radius 2 is 2.14 bits per heavy atom. The number of hydrogen-bond donors (Lipinski definition) is 0. The van der Waals surface area contributed by atoms with Crippen molar-refractivity contribution in [1.29, 1.82) is 0 Å². The van der Waals surface area contributed by atoms with E-state index in [1.807, 2.05) is 0 Å². The summed E-state index contributed by atoms with van der Waals surface area (Å²) in [7, 11) is 0. The van der Waals surface area contributed by atoms with E-state index in [1.54, 1.807) is 0 Å². The first-order valence-corrected chi connectivity index (χ1v) is 3.53. The molecule has 1 aromatic rings. The van der Waals surface area contributed by atoms with Crippen LogP contribution in [-0.4, -0.2) is 9.91 Å². The Hall–Kier alpha value is -1.66. The molecule has 0 aliphatic rings. The quantitative estimate of drug-likeness (QED) is 0.551. The largest absolute Gasteiger partial charge is 0.366 e. The molecule has 1 heterocycles. The van der Waals surface area contributed by atoms with E-state index in [2.05, 4.69) is 4.98 Å². The Kier molecular flexibility index (Phi) is 2.68. The van der Waals surface area contributed by atoms with Crippen molar-refractivity contribution >= 4 is 5.82 Å². The van der Waals surface area contributed by atoms with E-state index in [1.165, 1.54) is 0 Å². The van der Waals surface area contributed by atoms with Crippen molar-refractivity contribution < 1.29 is 18.1 Å². The predicted molar refractivity (Wildman–Crippen MR) is 40.5 cm³/mol. The van der Waals surface area contributed by atoms with Gasteiger partial charge in [0.05, 0.1) is 6.07 Å². The Labute approximate surface area is 76.5 Å². The summed E-state index contributed by atoms with van der Waals surface area (Å²) in [5, 5.41) is 10.2. The number of halogens is 3. The lowest BCUT2D eigenvalue weighted by Crippen LogP contribution is -2.02. The fraction of sp³-hybridized carbons (Fsp3) is 0.286. The summed E-state index contributed by atoms with van der Waals surface area (Å²) in [6.45, 7) is 1.09. The van der Waals surface area contributed by atoms with Gasteiger partial charge in [-0.3, -0.25) is 0 Å². The molecule has 0 aliphatic carbocycles. The molecule has 0 spiro atoms. The third kappa shape index (κ3) is 1.81. The smallest absolute Gasteiger partial charge is 0.358 e. The van der Waals surface area contributed by atoms with Crippen LogP contribution in [0, 0.1) is 22.9 Å². The Morgan fingerprint density at radius 1 is 1.57 bits per heavy atom. The highest BCUT2D eigenvalue weighted by atomic mass is 19.3. The molecule has 76 valence electrons. The molecule has 0 bridgehead atoms. The van der Waals surface area contributed by atoms with Gasteiger partial charge in [-0.2, -0.15) is 0 Å². The third-order valence-electron chi connectivity index (χ3n) is 1.63. The number of rotatable bonds is 2. The van der Waals surface area contributed by atoms with Crippen LogP contribution >= 0.6 is 0 Å². The molecule has 7 heteroatoms. The van der Waals surface area contributed by atoms with Gasteiger partial charge in [-0.25, -0.2) is 13.2 Å². The van der Waals surface area contributed by atoms with Crippen LogP contribution < -0.4 is 0 Å². The average molecular weight is 206 g/mol. The molecule has 0 aliphatic heterocycles. The van der Waals surface area contributed by atoms with Crippen LogP contribution in [0.15, 0.2) is 6.07 Å². The van der Waals surface area contributed by atoms with E-state index in [0.717, 1.165) is 6.92 Å². The van der Waals surface area contributed by atoms with Gasteiger partial charge in [0.15, 0.2) is 0 Å². The van der Waals surface area contributed by atoms with E-state index < -0.39 is 28.7 Å². The first kappa shape index (κ1) is 10.4. The normalized spacial score (nSPS) is 10.6. The highest BCUT2D eigenvalue weighted by molar-refractivity contribution is 5.30. The Morgan fingerprint density at radius 3 is 2.57 bits per heavy atom. The molecule has 0 saturated heterocycles. The fourth-order valence-corrected chi connectivity index (χ4v) is 0.889. The van der Waals surface area contributed by atoms with Crippen molar-refractivity contribution in [1.82, 2.24) is 4.98 Å². The molecule has 0 radical (unpaired) electrons. The maximum atomic E-state index is 12.9. The van der Waals surface area contributed by atoms with Gasteiger partial charge in [0.1, 0.15) is 5.82 Å². The van der Waals surface area contributed by atoms with Crippen LogP contribution in [0.2, 0.25) is 0 Å². The molecule has 4 nitrogen and oxygen atoms in total. The topological polar surface area (TPSA) is 56.0 Å². The summed E-state index contributed by atoms with van der Waals surface area (Å²) < 4.78 is 37.3. The van der Waals surface area contributed by atoms with Crippen molar-refractivity contribution in [3.05, 3.63) is 33.3 Å². The standard InChI is InChI=1S/C7H5F3N2O2/c1-3-4(8)2-5(12(13)14)11-6(3)7(9)10/h2,7H,1H3. The van der Waals surface area contributed by atoms with Gasteiger partial charge in [0, 0.05) is 5.56 Å². The second kappa shape index (κ2) is 3.60. The highest BCUT2D eigenvalue weighted by Crippen LogP contribution is 2.25. The van der Waals surface area contributed by atoms with Gasteiger partial charge in [-0.1, -0.05) is 0 Å². The first-order valence-electron chi connectivity index (χ1n) is 3.53. The van der Waals surface area contributed by atoms with E-state index in [0.29, 0.717) is 6.07 Å². The number of pyridine rings is 1. The van der Waals surface area contributed by atoms with Gasteiger partial charge < -0.3 is 10.1 Å². The fourth-order valence-electron chi connectivity index (χ4n) is 0.889. The minimum absolute atomic E-state index is 0.370. The second-order valence-electron chi connectivity index (χ2n) is 2.53. The second-order valence-corrected chi connectivity index (χ2v) is 2.53. The third-order valence-corrected chi connectivity index (χ3v) is 1.63. The molecule has 0 amide bonds. The number of hydrogen-bond acceptors (Lipinski definition) is 3. The summed E-state index contributed by atoms with van der Waals surface area (Å²) >= 11 is 0. The number of nitro groups is 1. The number of nitrogens with zero attached hydrogens (tertiary/aromatic N) is 2. The lowest BCUT2D eigenvalue weighted by molar-refractivity contribution is -0.389. The lowest BCUT2D eigenvalue weighted by atomic mass is 10.2. The van der Waals surface area contributed by atoms with Gasteiger partial charge >= 0.3 is 12.2 Å². The van der Waals surface area contributed by atoms with Crippen molar-refractivity contribution in [3.8, 4) is 0 Å². The van der Waals surface area contributed by atoms with Crippen LogP contribution in [0.25, 0.3) is 0 Å². The first-order chi connectivity index (χ1) is 6.43. The van der Waals surface area contributed by atoms with E-state index in [4.69, 9.17) is 0 Å².